The number of para-hydroxylation sites is 2. The second-order valence-electron chi connectivity index (χ2n) is 15.6. The molecule has 0 unspecified atom stereocenters. The average molecular weight is 793 g/mol. The number of hydrogen-bond donors (Lipinski definition) is 0. The molecule has 12 aromatic rings. The Balaban J connectivity index is 1.03. The van der Waals surface area contributed by atoms with Gasteiger partial charge < -0.3 is 8.98 Å². The molecule has 62 heavy (non-hydrogen) atoms. The molecule has 0 radical (unpaired) electrons. The Morgan fingerprint density at radius 1 is 0.306 bits per heavy atom. The molecule has 3 heterocycles. The highest BCUT2D eigenvalue weighted by Crippen LogP contribution is 2.40. The van der Waals surface area contributed by atoms with Crippen molar-refractivity contribution in [3.63, 3.8) is 0 Å². The maximum atomic E-state index is 6.30. The topological polar surface area (TPSA) is 56.7 Å². The lowest BCUT2D eigenvalue weighted by molar-refractivity contribution is 0.669. The maximum absolute atomic E-state index is 6.30. The summed E-state index contributed by atoms with van der Waals surface area (Å²) in [6.07, 6.45) is 0. The van der Waals surface area contributed by atoms with Crippen LogP contribution in [0, 0.1) is 0 Å². The molecule has 0 aliphatic rings. The molecule has 0 spiro atoms. The first-order chi connectivity index (χ1) is 30.7. The van der Waals surface area contributed by atoms with E-state index in [-0.39, 0.29) is 0 Å². The number of rotatable bonds is 7. The molecule has 5 heteroatoms. The zero-order valence-electron chi connectivity index (χ0n) is 33.5. The molecule has 12 rings (SSSR count). The van der Waals surface area contributed by atoms with Crippen LogP contribution in [0.25, 0.3) is 117 Å². The van der Waals surface area contributed by atoms with Crippen LogP contribution in [0.3, 0.4) is 0 Å². The Morgan fingerprint density at radius 3 is 1.48 bits per heavy atom. The standard InChI is InChI=1S/C57H36N4O/c1-3-15-37(16-4-1)39-19-11-21-42(33-39)55-58-56(43-22-12-20-40(34-43)38-17-5-2-6-18-38)60-57(59-55)44-23-13-24-45(35-44)61-50-28-9-7-25-47(50)48-32-31-41(36-51(48)61)46-27-14-30-53-54(46)49-26-8-10-29-52(49)62-53/h1-36H. The summed E-state index contributed by atoms with van der Waals surface area (Å²) in [6.45, 7) is 0. The highest BCUT2D eigenvalue weighted by atomic mass is 16.3. The van der Waals surface area contributed by atoms with Crippen LogP contribution in [-0.4, -0.2) is 19.5 Å². The van der Waals surface area contributed by atoms with Crippen molar-refractivity contribution >= 4 is 43.7 Å². The molecule has 0 aliphatic heterocycles. The van der Waals surface area contributed by atoms with Crippen molar-refractivity contribution in [1.29, 1.82) is 0 Å². The lowest BCUT2D eigenvalue weighted by Gasteiger charge is -2.13. The zero-order valence-corrected chi connectivity index (χ0v) is 33.5. The molecule has 0 N–H and O–H groups in total. The van der Waals surface area contributed by atoms with Gasteiger partial charge in [0.25, 0.3) is 0 Å². The van der Waals surface area contributed by atoms with E-state index in [1.54, 1.807) is 0 Å². The van der Waals surface area contributed by atoms with Gasteiger partial charge in [-0.2, -0.15) is 0 Å². The smallest absolute Gasteiger partial charge is 0.164 e. The van der Waals surface area contributed by atoms with Gasteiger partial charge in [0.1, 0.15) is 11.2 Å². The summed E-state index contributed by atoms with van der Waals surface area (Å²) < 4.78 is 8.66. The van der Waals surface area contributed by atoms with E-state index in [2.05, 4.69) is 199 Å². The van der Waals surface area contributed by atoms with Crippen LogP contribution in [0.15, 0.2) is 223 Å². The minimum Gasteiger partial charge on any atom is -0.456 e. The van der Waals surface area contributed by atoms with Gasteiger partial charge in [0.05, 0.1) is 11.0 Å². The van der Waals surface area contributed by atoms with Crippen LogP contribution < -0.4 is 0 Å². The van der Waals surface area contributed by atoms with Crippen LogP contribution in [0.2, 0.25) is 0 Å². The van der Waals surface area contributed by atoms with Crippen molar-refractivity contribution in [1.82, 2.24) is 19.5 Å². The Bertz CT molecular complexity index is 3540. The molecule has 5 nitrogen and oxygen atoms in total. The highest BCUT2D eigenvalue weighted by Gasteiger charge is 2.19. The van der Waals surface area contributed by atoms with Crippen molar-refractivity contribution in [2.45, 2.75) is 0 Å². The van der Waals surface area contributed by atoms with E-state index >= 15 is 0 Å². The molecule has 0 fully saturated rings. The van der Waals surface area contributed by atoms with Gasteiger partial charge in [-0.25, -0.2) is 15.0 Å². The van der Waals surface area contributed by atoms with E-state index in [0.29, 0.717) is 17.5 Å². The summed E-state index contributed by atoms with van der Waals surface area (Å²) >= 11 is 0. The molecule has 0 saturated carbocycles. The van der Waals surface area contributed by atoms with E-state index in [1.165, 1.54) is 10.8 Å². The van der Waals surface area contributed by atoms with Gasteiger partial charge in [0.2, 0.25) is 0 Å². The zero-order chi connectivity index (χ0) is 41.0. The SMILES string of the molecule is c1ccc(-c2cccc(-c3nc(-c4cccc(-c5ccccc5)c4)nc(-c4cccc(-n5c6ccccc6c6ccc(-c7cccc8oc9ccccc9c78)cc65)c4)n3)c2)cc1. The quantitative estimate of drug-likeness (QED) is 0.161. The minimum absolute atomic E-state index is 0.599. The first-order valence-electron chi connectivity index (χ1n) is 20.8. The molecule has 0 aliphatic carbocycles. The van der Waals surface area contributed by atoms with Gasteiger partial charge >= 0.3 is 0 Å². The van der Waals surface area contributed by atoms with Gasteiger partial charge in [0, 0.05) is 43.9 Å². The monoisotopic (exact) mass is 792 g/mol. The summed E-state index contributed by atoms with van der Waals surface area (Å²) in [5, 5.41) is 4.60. The van der Waals surface area contributed by atoms with Crippen LogP contribution >= 0.6 is 0 Å². The first-order valence-corrected chi connectivity index (χ1v) is 20.8. The number of nitrogens with zero attached hydrogens (tertiary/aromatic N) is 4. The normalized spacial score (nSPS) is 11.5. The highest BCUT2D eigenvalue weighted by molar-refractivity contribution is 6.14. The molecule has 9 aromatic carbocycles. The largest absolute Gasteiger partial charge is 0.456 e. The summed E-state index contributed by atoms with van der Waals surface area (Å²) in [6, 6.07) is 76.3. The predicted molar refractivity (Wildman–Crippen MR) is 254 cm³/mol. The van der Waals surface area contributed by atoms with E-state index in [4.69, 9.17) is 19.4 Å². The van der Waals surface area contributed by atoms with E-state index < -0.39 is 0 Å². The Hall–Kier alpha value is -8.41. The van der Waals surface area contributed by atoms with Gasteiger partial charge in [-0.15, -0.1) is 0 Å². The fourth-order valence-corrected chi connectivity index (χ4v) is 8.92. The molecule has 0 amide bonds. The molecule has 0 saturated heterocycles. The van der Waals surface area contributed by atoms with E-state index in [1.807, 2.05) is 24.3 Å². The minimum atomic E-state index is 0.599. The predicted octanol–water partition coefficient (Wildman–Crippen LogP) is 14.9. The number of fused-ring (bicyclic) bond motifs is 6. The van der Waals surface area contributed by atoms with Gasteiger partial charge in [-0.05, 0) is 81.9 Å². The van der Waals surface area contributed by atoms with Crippen molar-refractivity contribution < 1.29 is 4.42 Å². The summed E-state index contributed by atoms with van der Waals surface area (Å²) in [5.74, 6) is 1.82. The lowest BCUT2D eigenvalue weighted by Crippen LogP contribution is -2.01. The van der Waals surface area contributed by atoms with E-state index in [0.717, 1.165) is 88.7 Å². The van der Waals surface area contributed by atoms with Crippen molar-refractivity contribution in [3.8, 4) is 73.2 Å². The summed E-state index contributed by atoms with van der Waals surface area (Å²) in [7, 11) is 0. The van der Waals surface area contributed by atoms with Crippen molar-refractivity contribution in [2.24, 2.45) is 0 Å². The molecular weight excluding hydrogens is 757 g/mol. The second-order valence-corrected chi connectivity index (χ2v) is 15.6. The average Bonchev–Trinajstić information content (AvgIpc) is 3.90. The van der Waals surface area contributed by atoms with Crippen molar-refractivity contribution in [2.75, 3.05) is 0 Å². The molecule has 0 bridgehead atoms. The van der Waals surface area contributed by atoms with Crippen LogP contribution in [0.4, 0.5) is 0 Å². The Labute approximate surface area is 357 Å². The van der Waals surface area contributed by atoms with Gasteiger partial charge in [0.15, 0.2) is 17.5 Å². The van der Waals surface area contributed by atoms with Crippen LogP contribution in [-0.2, 0) is 0 Å². The first kappa shape index (κ1) is 35.5. The molecule has 290 valence electrons. The number of hydrogen-bond acceptors (Lipinski definition) is 4. The summed E-state index contributed by atoms with van der Waals surface area (Å²) in [4.78, 5) is 15.6. The maximum Gasteiger partial charge on any atom is 0.164 e. The third-order valence-electron chi connectivity index (χ3n) is 11.8. The van der Waals surface area contributed by atoms with Crippen LogP contribution in [0.5, 0.6) is 0 Å². The fraction of sp³-hybridized carbons (Fsp3) is 0. The third-order valence-corrected chi connectivity index (χ3v) is 11.8. The number of aromatic nitrogens is 4. The molecule has 0 atom stereocenters. The molecular formula is C57H36N4O. The number of furan rings is 1. The van der Waals surface area contributed by atoms with E-state index in [9.17, 15) is 0 Å². The Morgan fingerprint density at radius 2 is 0.806 bits per heavy atom. The van der Waals surface area contributed by atoms with Gasteiger partial charge in [-0.1, -0.05) is 170 Å². The van der Waals surface area contributed by atoms with Gasteiger partial charge in [-0.3, -0.25) is 0 Å². The second kappa shape index (κ2) is 14.7. The summed E-state index contributed by atoms with van der Waals surface area (Å²) in [5.41, 5.74) is 14.5. The third kappa shape index (κ3) is 6.14. The van der Waals surface area contributed by atoms with Crippen LogP contribution in [0.1, 0.15) is 0 Å². The Kier molecular flexibility index (Phi) is 8.42. The lowest BCUT2D eigenvalue weighted by atomic mass is 9.98. The number of benzene rings is 9. The van der Waals surface area contributed by atoms with Crippen molar-refractivity contribution in [3.05, 3.63) is 218 Å². The molecule has 3 aromatic heterocycles. The fourth-order valence-electron chi connectivity index (χ4n) is 8.92.